The van der Waals surface area contributed by atoms with Gasteiger partial charge in [0.25, 0.3) is 0 Å². The molecular formula is C13H17NO2. The SMILES string of the molecule is COc1ccc2c(c1)cc(CO)n2C(C)C. The van der Waals surface area contributed by atoms with Crippen molar-refractivity contribution in [2.75, 3.05) is 7.11 Å². The molecule has 0 unspecified atom stereocenters. The van der Waals surface area contributed by atoms with E-state index in [4.69, 9.17) is 4.74 Å². The number of aliphatic hydroxyl groups is 1. The summed E-state index contributed by atoms with van der Waals surface area (Å²) in [5.41, 5.74) is 2.08. The lowest BCUT2D eigenvalue weighted by Crippen LogP contribution is -2.04. The molecule has 1 aromatic heterocycles. The molecule has 86 valence electrons. The molecule has 16 heavy (non-hydrogen) atoms. The van der Waals surface area contributed by atoms with Gasteiger partial charge in [-0.25, -0.2) is 0 Å². The summed E-state index contributed by atoms with van der Waals surface area (Å²) >= 11 is 0. The van der Waals surface area contributed by atoms with Crippen LogP contribution in [0.15, 0.2) is 24.3 Å². The third-order valence-electron chi connectivity index (χ3n) is 2.80. The summed E-state index contributed by atoms with van der Waals surface area (Å²) in [5, 5.41) is 10.5. The molecule has 1 heterocycles. The van der Waals surface area contributed by atoms with E-state index in [1.807, 2.05) is 24.3 Å². The molecule has 1 aromatic carbocycles. The lowest BCUT2D eigenvalue weighted by atomic mass is 10.2. The van der Waals surface area contributed by atoms with Gasteiger partial charge in [-0.3, -0.25) is 0 Å². The van der Waals surface area contributed by atoms with Crippen LogP contribution in [0.2, 0.25) is 0 Å². The van der Waals surface area contributed by atoms with Gasteiger partial charge in [-0.05, 0) is 38.1 Å². The van der Waals surface area contributed by atoms with E-state index in [-0.39, 0.29) is 6.61 Å². The molecule has 0 saturated carbocycles. The van der Waals surface area contributed by atoms with E-state index in [2.05, 4.69) is 18.4 Å². The Hall–Kier alpha value is -1.48. The number of hydrogen-bond acceptors (Lipinski definition) is 2. The molecule has 0 amide bonds. The van der Waals surface area contributed by atoms with E-state index in [0.717, 1.165) is 22.3 Å². The van der Waals surface area contributed by atoms with E-state index in [0.29, 0.717) is 6.04 Å². The van der Waals surface area contributed by atoms with Gasteiger partial charge in [-0.2, -0.15) is 0 Å². The van der Waals surface area contributed by atoms with Crippen LogP contribution < -0.4 is 4.74 Å². The summed E-state index contributed by atoms with van der Waals surface area (Å²) in [6.07, 6.45) is 0. The number of aromatic nitrogens is 1. The van der Waals surface area contributed by atoms with Crippen LogP contribution in [-0.4, -0.2) is 16.8 Å². The molecule has 0 radical (unpaired) electrons. The standard InChI is InChI=1S/C13H17NO2/c1-9(2)14-11(8-15)6-10-7-12(16-3)4-5-13(10)14/h4-7,9,15H,8H2,1-3H3. The normalized spacial score (nSPS) is 11.3. The van der Waals surface area contributed by atoms with Crippen molar-refractivity contribution < 1.29 is 9.84 Å². The highest BCUT2D eigenvalue weighted by Gasteiger charge is 2.10. The van der Waals surface area contributed by atoms with Gasteiger partial charge in [0.2, 0.25) is 0 Å². The van der Waals surface area contributed by atoms with Gasteiger partial charge in [0.15, 0.2) is 0 Å². The fraction of sp³-hybridized carbons (Fsp3) is 0.385. The molecule has 2 aromatic rings. The van der Waals surface area contributed by atoms with Gasteiger partial charge in [0, 0.05) is 22.6 Å². The molecule has 0 fully saturated rings. The fourth-order valence-electron chi connectivity index (χ4n) is 2.13. The smallest absolute Gasteiger partial charge is 0.119 e. The zero-order valence-corrected chi connectivity index (χ0v) is 9.90. The van der Waals surface area contributed by atoms with Gasteiger partial charge in [0.1, 0.15) is 5.75 Å². The molecule has 3 nitrogen and oxygen atoms in total. The summed E-state index contributed by atoms with van der Waals surface area (Å²) < 4.78 is 7.34. The van der Waals surface area contributed by atoms with Gasteiger partial charge < -0.3 is 14.4 Å². The highest BCUT2D eigenvalue weighted by Crippen LogP contribution is 2.27. The molecule has 1 N–H and O–H groups in total. The summed E-state index contributed by atoms with van der Waals surface area (Å²) in [5.74, 6) is 0.845. The van der Waals surface area contributed by atoms with Crippen LogP contribution in [-0.2, 0) is 6.61 Å². The Morgan fingerprint density at radius 2 is 2.06 bits per heavy atom. The zero-order valence-electron chi connectivity index (χ0n) is 9.90. The monoisotopic (exact) mass is 219 g/mol. The van der Waals surface area contributed by atoms with Gasteiger partial charge in [-0.15, -0.1) is 0 Å². The molecule has 0 bridgehead atoms. The number of hydrogen-bond donors (Lipinski definition) is 1. The Morgan fingerprint density at radius 1 is 1.31 bits per heavy atom. The Morgan fingerprint density at radius 3 is 2.62 bits per heavy atom. The molecule has 0 atom stereocenters. The number of rotatable bonds is 3. The first kappa shape index (κ1) is 11.0. The maximum Gasteiger partial charge on any atom is 0.119 e. The van der Waals surface area contributed by atoms with Crippen molar-refractivity contribution in [2.45, 2.75) is 26.5 Å². The van der Waals surface area contributed by atoms with Crippen LogP contribution in [0.3, 0.4) is 0 Å². The Labute approximate surface area is 95.3 Å². The number of aliphatic hydroxyl groups excluding tert-OH is 1. The quantitative estimate of drug-likeness (QED) is 0.861. The van der Waals surface area contributed by atoms with Crippen molar-refractivity contribution in [1.29, 1.82) is 0 Å². The lowest BCUT2D eigenvalue weighted by Gasteiger charge is -2.13. The van der Waals surface area contributed by atoms with Crippen LogP contribution in [0.25, 0.3) is 10.9 Å². The Kier molecular flexibility index (Phi) is 2.88. The Balaban J connectivity index is 2.67. The van der Waals surface area contributed by atoms with E-state index in [1.165, 1.54) is 0 Å². The van der Waals surface area contributed by atoms with Gasteiger partial charge in [-0.1, -0.05) is 0 Å². The number of fused-ring (bicyclic) bond motifs is 1. The number of ether oxygens (including phenoxy) is 1. The third-order valence-corrected chi connectivity index (χ3v) is 2.80. The molecule has 2 rings (SSSR count). The van der Waals surface area contributed by atoms with Crippen molar-refractivity contribution in [3.63, 3.8) is 0 Å². The van der Waals surface area contributed by atoms with Gasteiger partial charge in [0.05, 0.1) is 13.7 Å². The summed E-state index contributed by atoms with van der Waals surface area (Å²) in [7, 11) is 1.66. The van der Waals surface area contributed by atoms with Crippen molar-refractivity contribution in [1.82, 2.24) is 4.57 Å². The summed E-state index contributed by atoms with van der Waals surface area (Å²) in [6.45, 7) is 4.29. The molecule has 0 aliphatic carbocycles. The maximum atomic E-state index is 9.34. The molecule has 0 spiro atoms. The van der Waals surface area contributed by atoms with Crippen molar-refractivity contribution >= 4 is 10.9 Å². The largest absolute Gasteiger partial charge is 0.497 e. The molecule has 3 heteroatoms. The second-order valence-electron chi connectivity index (χ2n) is 4.18. The van der Waals surface area contributed by atoms with Crippen molar-refractivity contribution in [3.05, 3.63) is 30.0 Å². The third kappa shape index (κ3) is 1.67. The van der Waals surface area contributed by atoms with E-state index in [9.17, 15) is 5.11 Å². The van der Waals surface area contributed by atoms with E-state index in [1.54, 1.807) is 7.11 Å². The Bertz CT molecular complexity index is 500. The molecular weight excluding hydrogens is 202 g/mol. The summed E-state index contributed by atoms with van der Waals surface area (Å²) in [4.78, 5) is 0. The highest BCUT2D eigenvalue weighted by atomic mass is 16.5. The van der Waals surface area contributed by atoms with E-state index < -0.39 is 0 Å². The number of methoxy groups -OCH3 is 1. The van der Waals surface area contributed by atoms with Crippen molar-refractivity contribution in [2.24, 2.45) is 0 Å². The van der Waals surface area contributed by atoms with Crippen LogP contribution in [0.5, 0.6) is 5.75 Å². The predicted molar refractivity (Wildman–Crippen MR) is 64.8 cm³/mol. The van der Waals surface area contributed by atoms with Crippen LogP contribution >= 0.6 is 0 Å². The lowest BCUT2D eigenvalue weighted by molar-refractivity contribution is 0.269. The summed E-state index contributed by atoms with van der Waals surface area (Å²) in [6, 6.07) is 8.33. The second kappa shape index (κ2) is 4.18. The minimum Gasteiger partial charge on any atom is -0.497 e. The second-order valence-corrected chi connectivity index (χ2v) is 4.18. The predicted octanol–water partition coefficient (Wildman–Crippen LogP) is 2.72. The maximum absolute atomic E-state index is 9.34. The molecule has 0 aliphatic rings. The van der Waals surface area contributed by atoms with Gasteiger partial charge >= 0.3 is 0 Å². The average molecular weight is 219 g/mol. The fourth-order valence-corrected chi connectivity index (χ4v) is 2.13. The first-order valence-corrected chi connectivity index (χ1v) is 5.46. The molecule has 0 aliphatic heterocycles. The van der Waals surface area contributed by atoms with Crippen molar-refractivity contribution in [3.8, 4) is 5.75 Å². The number of benzene rings is 1. The number of nitrogens with zero attached hydrogens (tertiary/aromatic N) is 1. The van der Waals surface area contributed by atoms with Crippen LogP contribution in [0, 0.1) is 0 Å². The minimum absolute atomic E-state index is 0.0647. The topological polar surface area (TPSA) is 34.4 Å². The molecule has 0 saturated heterocycles. The highest BCUT2D eigenvalue weighted by molar-refractivity contribution is 5.83. The average Bonchev–Trinajstić information content (AvgIpc) is 2.65. The van der Waals surface area contributed by atoms with Crippen LogP contribution in [0.4, 0.5) is 0 Å². The van der Waals surface area contributed by atoms with Crippen LogP contribution in [0.1, 0.15) is 25.6 Å². The first-order valence-electron chi connectivity index (χ1n) is 5.46. The first-order chi connectivity index (χ1) is 7.67. The van der Waals surface area contributed by atoms with E-state index >= 15 is 0 Å². The minimum atomic E-state index is 0.0647. The zero-order chi connectivity index (χ0) is 11.7.